The van der Waals surface area contributed by atoms with Crippen LogP contribution in [0.3, 0.4) is 0 Å². The number of hydrogen-bond acceptors (Lipinski definition) is 3. The molecule has 191 valence electrons. The van der Waals surface area contributed by atoms with Crippen LogP contribution in [-0.4, -0.2) is 15.9 Å². The van der Waals surface area contributed by atoms with Crippen molar-refractivity contribution in [2.24, 2.45) is 11.8 Å². The molecule has 3 rings (SSSR count). The molecule has 0 bridgehead atoms. The van der Waals surface area contributed by atoms with Crippen LogP contribution in [0.5, 0.6) is 0 Å². The van der Waals surface area contributed by atoms with E-state index in [1.54, 1.807) is 0 Å². The van der Waals surface area contributed by atoms with Crippen LogP contribution in [0.2, 0.25) is 0 Å². The molecule has 0 aliphatic carbocycles. The number of aliphatic hydroxyl groups is 1. The van der Waals surface area contributed by atoms with Crippen molar-refractivity contribution in [3.8, 4) is 11.3 Å². The summed E-state index contributed by atoms with van der Waals surface area (Å²) in [5.74, 6) is 1.09. The van der Waals surface area contributed by atoms with Crippen molar-refractivity contribution in [3.63, 3.8) is 0 Å². The van der Waals surface area contributed by atoms with Crippen LogP contribution in [0.1, 0.15) is 78.7 Å². The molecule has 1 radical (unpaired) electrons. The normalized spacial score (nSPS) is 11.4. The Morgan fingerprint density at radius 2 is 1.63 bits per heavy atom. The SMILES string of the molecule is CC(C)c1ccc2c(-c3[c-]cccc3)nccc2c1.CCC(CC)C(=O)/C=C(\O)C(CC)CC.[Ir]. The largest absolute Gasteiger partial charge is 0.512 e. The minimum Gasteiger partial charge on any atom is -0.512 e. The van der Waals surface area contributed by atoms with E-state index in [9.17, 15) is 9.90 Å². The van der Waals surface area contributed by atoms with Crippen molar-refractivity contribution < 1.29 is 30.0 Å². The molecule has 0 spiro atoms. The van der Waals surface area contributed by atoms with E-state index >= 15 is 0 Å². The third-order valence-corrected chi connectivity index (χ3v) is 6.50. The molecule has 0 amide bonds. The number of fused-ring (bicyclic) bond motifs is 1. The minimum atomic E-state index is 0. The van der Waals surface area contributed by atoms with Crippen LogP contribution in [0, 0.1) is 17.9 Å². The summed E-state index contributed by atoms with van der Waals surface area (Å²) in [7, 11) is 0. The number of nitrogens with zero attached hydrogens (tertiary/aromatic N) is 1. The van der Waals surface area contributed by atoms with E-state index in [0.29, 0.717) is 5.92 Å². The molecule has 3 aromatic rings. The molecular weight excluding hydrogens is 611 g/mol. The molecule has 0 unspecified atom stereocenters. The fourth-order valence-electron chi connectivity index (χ4n) is 4.09. The number of carbonyl (C=O) groups excluding carboxylic acids is 1. The van der Waals surface area contributed by atoms with Crippen molar-refractivity contribution in [1.29, 1.82) is 0 Å². The van der Waals surface area contributed by atoms with Gasteiger partial charge in [0.1, 0.15) is 0 Å². The molecule has 35 heavy (non-hydrogen) atoms. The third kappa shape index (κ3) is 8.70. The molecule has 0 aliphatic heterocycles. The summed E-state index contributed by atoms with van der Waals surface area (Å²) in [6, 6.07) is 19.9. The van der Waals surface area contributed by atoms with Crippen LogP contribution >= 0.6 is 0 Å². The smallest absolute Gasteiger partial charge is 0.162 e. The van der Waals surface area contributed by atoms with Gasteiger partial charge in [-0.3, -0.25) is 4.79 Å². The summed E-state index contributed by atoms with van der Waals surface area (Å²) in [6.45, 7) is 12.5. The third-order valence-electron chi connectivity index (χ3n) is 6.50. The van der Waals surface area contributed by atoms with Gasteiger partial charge in [0.25, 0.3) is 0 Å². The van der Waals surface area contributed by atoms with Crippen molar-refractivity contribution >= 4 is 16.6 Å². The van der Waals surface area contributed by atoms with Gasteiger partial charge in [-0.05, 0) is 59.7 Å². The second-order valence-electron chi connectivity index (χ2n) is 9.07. The van der Waals surface area contributed by atoms with Crippen molar-refractivity contribution in [2.45, 2.75) is 73.1 Å². The monoisotopic (exact) mass is 651 g/mol. The Morgan fingerprint density at radius 3 is 2.17 bits per heavy atom. The molecule has 3 nitrogen and oxygen atoms in total. The standard InChI is InChI=1S/C18H16N.C13H24O2.Ir/c1-13(2)15-8-9-17-16(12-15)10-11-19-18(17)14-6-4-3-5-7-14;1-5-10(6-2)12(14)9-13(15)11(7-3)8-4;/h3-6,8-13H,1-2H3;9-11,14H,5-8H2,1-4H3;/q-1;;/b;12-9-;. The van der Waals surface area contributed by atoms with Crippen molar-refractivity contribution in [1.82, 2.24) is 4.98 Å². The maximum absolute atomic E-state index is 11.7. The molecule has 2 aromatic carbocycles. The number of aliphatic hydroxyl groups excluding tert-OH is 1. The Hall–Kier alpha value is -2.29. The first-order valence-corrected chi connectivity index (χ1v) is 12.7. The maximum atomic E-state index is 11.7. The topological polar surface area (TPSA) is 50.2 Å². The first-order chi connectivity index (χ1) is 16.4. The van der Waals surface area contributed by atoms with E-state index in [1.165, 1.54) is 22.4 Å². The molecule has 1 heterocycles. The van der Waals surface area contributed by atoms with Crippen LogP contribution < -0.4 is 0 Å². The second kappa shape index (κ2) is 15.7. The van der Waals surface area contributed by atoms with Gasteiger partial charge in [0.2, 0.25) is 0 Å². The van der Waals surface area contributed by atoms with Gasteiger partial charge in [-0.1, -0.05) is 59.7 Å². The number of pyridine rings is 1. The fraction of sp³-hybridized carbons (Fsp3) is 0.419. The average Bonchev–Trinajstić information content (AvgIpc) is 2.85. The van der Waals surface area contributed by atoms with Crippen molar-refractivity contribution in [2.75, 3.05) is 0 Å². The number of aromatic nitrogens is 1. The van der Waals surface area contributed by atoms with E-state index in [1.807, 2.05) is 52.1 Å². The predicted octanol–water partition coefficient (Wildman–Crippen LogP) is 8.69. The number of rotatable bonds is 9. The number of carbonyl (C=O) groups is 1. The minimum absolute atomic E-state index is 0. The number of hydrogen-bond donors (Lipinski definition) is 1. The van der Waals surface area contributed by atoms with Gasteiger partial charge in [0, 0.05) is 44.2 Å². The van der Waals surface area contributed by atoms with E-state index in [-0.39, 0.29) is 43.5 Å². The average molecular weight is 651 g/mol. The quantitative estimate of drug-likeness (QED) is 0.143. The number of allylic oxidation sites excluding steroid dienone is 2. The van der Waals surface area contributed by atoms with Gasteiger partial charge in [-0.25, -0.2) is 0 Å². The molecule has 1 N–H and O–H groups in total. The Morgan fingerprint density at radius 1 is 0.971 bits per heavy atom. The first kappa shape index (κ1) is 30.7. The fourth-order valence-corrected chi connectivity index (χ4v) is 4.09. The molecule has 0 aliphatic rings. The zero-order valence-electron chi connectivity index (χ0n) is 22.0. The van der Waals surface area contributed by atoms with E-state index in [4.69, 9.17) is 0 Å². The summed E-state index contributed by atoms with van der Waals surface area (Å²) in [5.41, 5.74) is 3.42. The van der Waals surface area contributed by atoms with Gasteiger partial charge in [0.15, 0.2) is 5.78 Å². The van der Waals surface area contributed by atoms with E-state index in [0.717, 1.165) is 36.9 Å². The molecule has 4 heteroatoms. The van der Waals surface area contributed by atoms with Gasteiger partial charge in [-0.15, -0.1) is 35.9 Å². The number of ketones is 1. The number of benzene rings is 2. The summed E-state index contributed by atoms with van der Waals surface area (Å²) in [5, 5.41) is 12.2. The Balaban J connectivity index is 0.000000352. The van der Waals surface area contributed by atoms with E-state index < -0.39 is 0 Å². The molecule has 0 fully saturated rings. The second-order valence-corrected chi connectivity index (χ2v) is 9.07. The summed E-state index contributed by atoms with van der Waals surface area (Å²) in [6.07, 6.45) is 6.78. The van der Waals surface area contributed by atoms with Gasteiger partial charge in [0.05, 0.1) is 5.76 Å². The zero-order chi connectivity index (χ0) is 25.1. The Kier molecular flexibility index (Phi) is 13.7. The van der Waals surface area contributed by atoms with Gasteiger partial charge in [-0.2, -0.15) is 0 Å². The van der Waals surface area contributed by atoms with Gasteiger partial charge < -0.3 is 10.1 Å². The summed E-state index contributed by atoms with van der Waals surface area (Å²) >= 11 is 0. The van der Waals surface area contributed by atoms with Crippen molar-refractivity contribution in [3.05, 3.63) is 78.2 Å². The molecule has 0 saturated carbocycles. The molecule has 0 saturated heterocycles. The molecule has 1 aromatic heterocycles. The summed E-state index contributed by atoms with van der Waals surface area (Å²) in [4.78, 5) is 16.2. The molecule has 0 atom stereocenters. The summed E-state index contributed by atoms with van der Waals surface area (Å²) < 4.78 is 0. The van der Waals surface area contributed by atoms with Crippen LogP contribution in [0.25, 0.3) is 22.0 Å². The van der Waals surface area contributed by atoms with Crippen LogP contribution in [0.15, 0.2) is 66.6 Å². The first-order valence-electron chi connectivity index (χ1n) is 12.7. The van der Waals surface area contributed by atoms with Gasteiger partial charge >= 0.3 is 0 Å². The predicted molar refractivity (Wildman–Crippen MR) is 144 cm³/mol. The Bertz CT molecular complexity index is 1070. The van der Waals surface area contributed by atoms with Crippen LogP contribution in [0.4, 0.5) is 0 Å². The van der Waals surface area contributed by atoms with Crippen LogP contribution in [-0.2, 0) is 24.9 Å². The molecular formula is C31H40IrNO2-. The van der Waals surface area contributed by atoms with E-state index in [2.05, 4.69) is 55.2 Å². The zero-order valence-corrected chi connectivity index (χ0v) is 24.4. The maximum Gasteiger partial charge on any atom is 0.162 e. The Labute approximate surface area is 225 Å².